The van der Waals surface area contributed by atoms with Gasteiger partial charge < -0.3 is 5.32 Å². The highest BCUT2D eigenvalue weighted by atomic mass is 32.2. The van der Waals surface area contributed by atoms with E-state index in [0.717, 1.165) is 12.8 Å². The Morgan fingerprint density at radius 1 is 1.13 bits per heavy atom. The Hall–Kier alpha value is -3.00. The summed E-state index contributed by atoms with van der Waals surface area (Å²) in [6, 6.07) is 13.5. The van der Waals surface area contributed by atoms with Crippen LogP contribution in [0, 0.1) is 5.82 Å². The zero-order valence-electron chi connectivity index (χ0n) is 16.6. The predicted molar refractivity (Wildman–Crippen MR) is 114 cm³/mol. The molecule has 6 nitrogen and oxygen atoms in total. The number of nitrogens with one attached hydrogen (secondary N) is 1. The quantitative estimate of drug-likeness (QED) is 0.438. The summed E-state index contributed by atoms with van der Waals surface area (Å²) in [5.41, 5.74) is 1.62. The van der Waals surface area contributed by atoms with Crippen LogP contribution < -0.4 is 5.32 Å². The second kappa shape index (κ2) is 8.39. The van der Waals surface area contributed by atoms with Crippen LogP contribution in [0.15, 0.2) is 53.7 Å². The number of carbonyl (C=O) groups excluding carboxylic acids is 2. The number of benzene rings is 2. The van der Waals surface area contributed by atoms with Crippen LogP contribution in [-0.4, -0.2) is 31.7 Å². The van der Waals surface area contributed by atoms with Gasteiger partial charge in [-0.3, -0.25) is 14.2 Å². The lowest BCUT2D eigenvalue weighted by Crippen LogP contribution is -2.23. The summed E-state index contributed by atoms with van der Waals surface area (Å²) < 4.78 is 16.2. The van der Waals surface area contributed by atoms with Crippen molar-refractivity contribution < 1.29 is 14.0 Å². The summed E-state index contributed by atoms with van der Waals surface area (Å²) in [6.45, 7) is 3.29. The van der Waals surface area contributed by atoms with Crippen LogP contribution >= 0.6 is 11.8 Å². The largest absolute Gasteiger partial charge is 0.325 e. The topological polar surface area (TPSA) is 76.9 Å². The zero-order valence-corrected chi connectivity index (χ0v) is 17.4. The highest BCUT2D eigenvalue weighted by Crippen LogP contribution is 2.42. The Kier molecular flexibility index (Phi) is 5.67. The molecule has 154 valence electrons. The first kappa shape index (κ1) is 20.3. The van der Waals surface area contributed by atoms with Crippen molar-refractivity contribution in [3.05, 3.63) is 59.9 Å². The molecular formula is C22H21FN4O2S. The molecular weight excluding hydrogens is 403 g/mol. The van der Waals surface area contributed by atoms with Crippen LogP contribution in [0.25, 0.3) is 11.4 Å². The van der Waals surface area contributed by atoms with Crippen LogP contribution in [-0.2, 0) is 4.79 Å². The molecule has 1 atom stereocenters. The molecule has 1 aromatic heterocycles. The summed E-state index contributed by atoms with van der Waals surface area (Å²) in [6.07, 6.45) is 1.96. The maximum absolute atomic E-state index is 14.3. The van der Waals surface area contributed by atoms with Crippen LogP contribution in [0.5, 0.6) is 0 Å². The molecule has 1 amide bonds. The van der Waals surface area contributed by atoms with Crippen molar-refractivity contribution in [3.8, 4) is 11.4 Å². The molecule has 30 heavy (non-hydrogen) atoms. The standard InChI is InChI=1S/C22H21FN4O2S/c1-13(28)15-7-9-16(10-8-15)24-21(29)14(2)30-22-26-25-20(27(22)17-11-12-17)18-5-3-4-6-19(18)23/h3-10,14,17H,11-12H2,1-2H3,(H,24,29). The fraction of sp³-hybridized carbons (Fsp3) is 0.273. The van der Waals surface area contributed by atoms with Crippen molar-refractivity contribution in [3.63, 3.8) is 0 Å². The molecule has 1 heterocycles. The van der Waals surface area contributed by atoms with Crippen molar-refractivity contribution in [2.75, 3.05) is 5.32 Å². The summed E-state index contributed by atoms with van der Waals surface area (Å²) in [5.74, 6) is -0.0658. The summed E-state index contributed by atoms with van der Waals surface area (Å²) >= 11 is 1.30. The van der Waals surface area contributed by atoms with Crippen LogP contribution in [0.1, 0.15) is 43.1 Å². The van der Waals surface area contributed by atoms with E-state index >= 15 is 0 Å². The van der Waals surface area contributed by atoms with E-state index in [4.69, 9.17) is 0 Å². The van der Waals surface area contributed by atoms with E-state index in [9.17, 15) is 14.0 Å². The molecule has 0 bridgehead atoms. The van der Waals surface area contributed by atoms with E-state index in [0.29, 0.717) is 27.8 Å². The number of aromatic nitrogens is 3. The smallest absolute Gasteiger partial charge is 0.237 e. The van der Waals surface area contributed by atoms with Crippen molar-refractivity contribution in [2.45, 2.75) is 43.1 Å². The van der Waals surface area contributed by atoms with E-state index in [1.807, 2.05) is 4.57 Å². The van der Waals surface area contributed by atoms with E-state index in [2.05, 4.69) is 15.5 Å². The van der Waals surface area contributed by atoms with Crippen molar-refractivity contribution in [1.82, 2.24) is 14.8 Å². The number of carbonyl (C=O) groups is 2. The third-order valence-corrected chi connectivity index (χ3v) is 5.96. The molecule has 0 radical (unpaired) electrons. The average molecular weight is 425 g/mol. The molecule has 0 aliphatic heterocycles. The van der Waals surface area contributed by atoms with Gasteiger partial charge in [-0.15, -0.1) is 10.2 Å². The fourth-order valence-corrected chi connectivity index (χ4v) is 4.01. The summed E-state index contributed by atoms with van der Waals surface area (Å²) in [7, 11) is 0. The molecule has 1 fully saturated rings. The number of rotatable bonds is 7. The van der Waals surface area contributed by atoms with Crippen molar-refractivity contribution in [2.24, 2.45) is 0 Å². The minimum atomic E-state index is -0.437. The van der Waals surface area contributed by atoms with Gasteiger partial charge in [0, 0.05) is 17.3 Å². The Balaban J connectivity index is 1.50. The highest BCUT2D eigenvalue weighted by molar-refractivity contribution is 8.00. The first-order valence-electron chi connectivity index (χ1n) is 9.72. The number of hydrogen-bond donors (Lipinski definition) is 1. The SMILES string of the molecule is CC(=O)c1ccc(NC(=O)C(C)Sc2nnc(-c3ccccc3F)n2C2CC2)cc1. The van der Waals surface area contributed by atoms with Crippen molar-refractivity contribution >= 4 is 29.1 Å². The van der Waals surface area contributed by atoms with Gasteiger partial charge >= 0.3 is 0 Å². The molecule has 0 spiro atoms. The number of hydrogen-bond acceptors (Lipinski definition) is 5. The molecule has 1 unspecified atom stereocenters. The highest BCUT2D eigenvalue weighted by Gasteiger charge is 2.32. The number of ketones is 1. The van der Waals surface area contributed by atoms with Gasteiger partial charge in [0.2, 0.25) is 5.91 Å². The minimum Gasteiger partial charge on any atom is -0.325 e. The third kappa shape index (κ3) is 4.28. The molecule has 4 rings (SSSR count). The van der Waals surface area contributed by atoms with E-state index in [1.54, 1.807) is 49.4 Å². The number of amides is 1. The normalized spacial score (nSPS) is 14.4. The van der Waals surface area contributed by atoms with Gasteiger partial charge in [0.15, 0.2) is 16.8 Å². The minimum absolute atomic E-state index is 0.0260. The Morgan fingerprint density at radius 3 is 2.47 bits per heavy atom. The second-order valence-corrected chi connectivity index (χ2v) is 8.58. The van der Waals surface area contributed by atoms with Gasteiger partial charge in [0.1, 0.15) is 5.82 Å². The predicted octanol–water partition coefficient (Wildman–Crippen LogP) is 4.74. The Bertz CT molecular complexity index is 1090. The van der Waals surface area contributed by atoms with Crippen LogP contribution in [0.2, 0.25) is 0 Å². The lowest BCUT2D eigenvalue weighted by molar-refractivity contribution is -0.115. The fourth-order valence-electron chi connectivity index (χ4n) is 3.09. The van der Waals surface area contributed by atoms with Crippen LogP contribution in [0.3, 0.4) is 0 Å². The first-order valence-corrected chi connectivity index (χ1v) is 10.6. The number of Topliss-reactive ketones (excluding diaryl/α,β-unsaturated/α-hetero) is 1. The number of nitrogens with zero attached hydrogens (tertiary/aromatic N) is 3. The second-order valence-electron chi connectivity index (χ2n) is 7.27. The Morgan fingerprint density at radius 2 is 1.83 bits per heavy atom. The monoisotopic (exact) mass is 424 g/mol. The Labute approximate surface area is 177 Å². The molecule has 2 aromatic carbocycles. The number of halogens is 1. The molecule has 1 aliphatic carbocycles. The zero-order chi connectivity index (χ0) is 21.3. The van der Waals surface area contributed by atoms with Gasteiger partial charge in [0.25, 0.3) is 0 Å². The molecule has 8 heteroatoms. The maximum Gasteiger partial charge on any atom is 0.237 e. The van der Waals surface area contributed by atoms with E-state index < -0.39 is 5.25 Å². The van der Waals surface area contributed by atoms with Gasteiger partial charge in [-0.1, -0.05) is 23.9 Å². The number of thioether (sulfide) groups is 1. The molecule has 1 N–H and O–H groups in total. The maximum atomic E-state index is 14.3. The number of anilines is 1. The van der Waals surface area contributed by atoms with E-state index in [1.165, 1.54) is 24.8 Å². The first-order chi connectivity index (χ1) is 14.4. The summed E-state index contributed by atoms with van der Waals surface area (Å²) in [5, 5.41) is 11.5. The molecule has 0 saturated heterocycles. The third-order valence-electron chi connectivity index (χ3n) is 4.90. The van der Waals surface area contributed by atoms with Gasteiger partial charge in [-0.25, -0.2) is 4.39 Å². The van der Waals surface area contributed by atoms with Gasteiger partial charge in [-0.05, 0) is 63.1 Å². The summed E-state index contributed by atoms with van der Waals surface area (Å²) in [4.78, 5) is 24.0. The van der Waals surface area contributed by atoms with Crippen LogP contribution in [0.4, 0.5) is 10.1 Å². The lowest BCUT2D eigenvalue weighted by atomic mass is 10.1. The lowest BCUT2D eigenvalue weighted by Gasteiger charge is -2.14. The molecule has 1 saturated carbocycles. The van der Waals surface area contributed by atoms with Gasteiger partial charge in [-0.2, -0.15) is 0 Å². The van der Waals surface area contributed by atoms with E-state index in [-0.39, 0.29) is 23.5 Å². The van der Waals surface area contributed by atoms with Gasteiger partial charge in [0.05, 0.1) is 10.8 Å². The van der Waals surface area contributed by atoms with Crippen molar-refractivity contribution in [1.29, 1.82) is 0 Å². The average Bonchev–Trinajstić information content (AvgIpc) is 3.49. The molecule has 3 aromatic rings. The molecule has 1 aliphatic rings.